The summed E-state index contributed by atoms with van der Waals surface area (Å²) in [5, 5.41) is 11.5. The van der Waals surface area contributed by atoms with Crippen LogP contribution in [-0.4, -0.2) is 9.91 Å². The number of rotatable bonds is 2. The van der Waals surface area contributed by atoms with Crippen molar-refractivity contribution in [3.8, 4) is 11.5 Å². The molecule has 0 radical (unpaired) electrons. The smallest absolute Gasteiger partial charge is 0.273 e. The molecule has 0 saturated heterocycles. The Morgan fingerprint density at radius 3 is 2.60 bits per heavy atom. The van der Waals surface area contributed by atoms with E-state index in [-0.39, 0.29) is 5.69 Å². The molecule has 5 nitrogen and oxygen atoms in total. The molecule has 1 heterocycles. The van der Waals surface area contributed by atoms with Crippen molar-refractivity contribution in [2.45, 2.75) is 0 Å². The number of nitro benzene ring substituents is 1. The maximum Gasteiger partial charge on any atom is 0.273 e. The summed E-state index contributed by atoms with van der Waals surface area (Å²) in [4.78, 5) is 14.5. The van der Waals surface area contributed by atoms with Crippen LogP contribution in [0.1, 0.15) is 0 Å². The third-order valence-electron chi connectivity index (χ3n) is 2.75. The van der Waals surface area contributed by atoms with Crippen LogP contribution >= 0.6 is 23.2 Å². The minimum atomic E-state index is -0.485. The predicted molar refractivity (Wildman–Crippen MR) is 76.1 cm³/mol. The number of hydrogen-bond donors (Lipinski definition) is 0. The number of benzene rings is 2. The van der Waals surface area contributed by atoms with E-state index in [0.717, 1.165) is 0 Å². The van der Waals surface area contributed by atoms with Gasteiger partial charge in [-0.1, -0.05) is 23.2 Å². The van der Waals surface area contributed by atoms with Crippen molar-refractivity contribution in [3.63, 3.8) is 0 Å². The molecule has 0 aliphatic heterocycles. The Bertz CT molecular complexity index is 830. The second-order valence-corrected chi connectivity index (χ2v) is 4.87. The first-order valence-electron chi connectivity index (χ1n) is 5.55. The average molecular weight is 309 g/mol. The first-order chi connectivity index (χ1) is 9.54. The first-order valence-corrected chi connectivity index (χ1v) is 6.30. The standard InChI is InChI=1S/C13H6Cl2N2O3/c14-9-3-1-7(5-10(9)15)13-16-11-4-2-8(17(18)19)6-12(11)20-13/h1-6H. The van der Waals surface area contributed by atoms with E-state index in [4.69, 9.17) is 27.6 Å². The second kappa shape index (κ2) is 4.77. The number of aromatic nitrogens is 1. The average Bonchev–Trinajstić information content (AvgIpc) is 2.84. The Kier molecular flexibility index (Phi) is 3.08. The molecule has 0 aliphatic rings. The summed E-state index contributed by atoms with van der Waals surface area (Å²) in [7, 11) is 0. The van der Waals surface area contributed by atoms with E-state index >= 15 is 0 Å². The van der Waals surface area contributed by atoms with E-state index in [0.29, 0.717) is 32.6 Å². The fraction of sp³-hybridized carbons (Fsp3) is 0. The molecule has 1 aromatic heterocycles. The highest BCUT2D eigenvalue weighted by molar-refractivity contribution is 6.42. The maximum atomic E-state index is 10.7. The third kappa shape index (κ3) is 2.21. The lowest BCUT2D eigenvalue weighted by molar-refractivity contribution is -0.384. The highest BCUT2D eigenvalue weighted by atomic mass is 35.5. The summed E-state index contributed by atoms with van der Waals surface area (Å²) >= 11 is 11.8. The van der Waals surface area contributed by atoms with E-state index < -0.39 is 4.92 Å². The molecular weight excluding hydrogens is 303 g/mol. The normalized spacial score (nSPS) is 10.9. The summed E-state index contributed by atoms with van der Waals surface area (Å²) in [6, 6.07) is 9.23. The molecule has 0 fully saturated rings. The number of hydrogen-bond acceptors (Lipinski definition) is 4. The number of fused-ring (bicyclic) bond motifs is 1. The Morgan fingerprint density at radius 2 is 1.90 bits per heavy atom. The molecule has 0 aliphatic carbocycles. The Balaban J connectivity index is 2.12. The first kappa shape index (κ1) is 12.9. The zero-order valence-electron chi connectivity index (χ0n) is 9.84. The van der Waals surface area contributed by atoms with Crippen molar-refractivity contribution in [3.05, 3.63) is 56.6 Å². The Hall–Kier alpha value is -2.11. The predicted octanol–water partition coefficient (Wildman–Crippen LogP) is 4.71. The van der Waals surface area contributed by atoms with Crippen LogP contribution in [0.15, 0.2) is 40.8 Å². The molecule has 0 spiro atoms. The summed E-state index contributed by atoms with van der Waals surface area (Å²) in [5.74, 6) is 0.332. The number of nitrogens with zero attached hydrogens (tertiary/aromatic N) is 2. The summed E-state index contributed by atoms with van der Waals surface area (Å²) < 4.78 is 5.52. The van der Waals surface area contributed by atoms with Crippen molar-refractivity contribution >= 4 is 40.0 Å². The van der Waals surface area contributed by atoms with Gasteiger partial charge in [-0.2, -0.15) is 0 Å². The Morgan fingerprint density at radius 1 is 1.10 bits per heavy atom. The highest BCUT2D eigenvalue weighted by Gasteiger charge is 2.13. The molecule has 3 aromatic rings. The van der Waals surface area contributed by atoms with Gasteiger partial charge in [0.25, 0.3) is 5.69 Å². The van der Waals surface area contributed by atoms with Crippen molar-refractivity contribution in [1.82, 2.24) is 4.98 Å². The summed E-state index contributed by atoms with van der Waals surface area (Å²) in [6.45, 7) is 0. The molecule has 0 N–H and O–H groups in total. The van der Waals surface area contributed by atoms with Crippen LogP contribution in [0.25, 0.3) is 22.6 Å². The lowest BCUT2D eigenvalue weighted by Gasteiger charge is -1.97. The quantitative estimate of drug-likeness (QED) is 0.508. The van der Waals surface area contributed by atoms with E-state index in [2.05, 4.69) is 4.98 Å². The van der Waals surface area contributed by atoms with Gasteiger partial charge in [0.15, 0.2) is 5.58 Å². The molecule has 3 rings (SSSR count). The van der Waals surface area contributed by atoms with Crippen molar-refractivity contribution in [2.24, 2.45) is 0 Å². The third-order valence-corrected chi connectivity index (χ3v) is 3.49. The minimum Gasteiger partial charge on any atom is -0.436 e. The van der Waals surface area contributed by atoms with Gasteiger partial charge >= 0.3 is 0 Å². The molecule has 0 atom stereocenters. The highest BCUT2D eigenvalue weighted by Crippen LogP contribution is 2.31. The van der Waals surface area contributed by atoms with Crippen molar-refractivity contribution in [2.75, 3.05) is 0 Å². The van der Waals surface area contributed by atoms with Crippen LogP contribution in [0.5, 0.6) is 0 Å². The summed E-state index contributed by atoms with van der Waals surface area (Å²) in [6.07, 6.45) is 0. The SMILES string of the molecule is O=[N+]([O-])c1ccc2nc(-c3ccc(Cl)c(Cl)c3)oc2c1. The van der Waals surface area contributed by atoms with Crippen LogP contribution in [-0.2, 0) is 0 Å². The zero-order chi connectivity index (χ0) is 14.3. The van der Waals surface area contributed by atoms with Gasteiger partial charge in [-0.05, 0) is 24.3 Å². The molecule has 2 aromatic carbocycles. The van der Waals surface area contributed by atoms with Crippen molar-refractivity contribution < 1.29 is 9.34 Å². The van der Waals surface area contributed by atoms with E-state index in [1.165, 1.54) is 18.2 Å². The summed E-state index contributed by atoms with van der Waals surface area (Å²) in [5.41, 5.74) is 1.49. The van der Waals surface area contributed by atoms with Crippen molar-refractivity contribution in [1.29, 1.82) is 0 Å². The van der Waals surface area contributed by atoms with Gasteiger partial charge in [-0.3, -0.25) is 10.1 Å². The minimum absolute atomic E-state index is 0.0469. The molecule has 20 heavy (non-hydrogen) atoms. The largest absolute Gasteiger partial charge is 0.436 e. The van der Waals surface area contributed by atoms with Crippen LogP contribution < -0.4 is 0 Å². The van der Waals surface area contributed by atoms with Gasteiger partial charge in [0.05, 0.1) is 21.0 Å². The molecule has 0 amide bonds. The van der Waals surface area contributed by atoms with Crippen LogP contribution in [0.3, 0.4) is 0 Å². The van der Waals surface area contributed by atoms with Gasteiger partial charge in [0.1, 0.15) is 5.52 Å². The number of halogens is 2. The van der Waals surface area contributed by atoms with Crippen LogP contribution in [0.4, 0.5) is 5.69 Å². The lowest BCUT2D eigenvalue weighted by Crippen LogP contribution is -1.86. The number of non-ortho nitro benzene ring substituents is 1. The molecule has 7 heteroatoms. The van der Waals surface area contributed by atoms with E-state index in [1.54, 1.807) is 18.2 Å². The molecule has 100 valence electrons. The van der Waals surface area contributed by atoms with E-state index in [9.17, 15) is 10.1 Å². The fourth-order valence-electron chi connectivity index (χ4n) is 1.78. The molecule has 0 bridgehead atoms. The van der Waals surface area contributed by atoms with Gasteiger partial charge in [-0.25, -0.2) is 4.98 Å². The van der Waals surface area contributed by atoms with Gasteiger partial charge < -0.3 is 4.42 Å². The molecule has 0 unspecified atom stereocenters. The number of nitro groups is 1. The van der Waals surface area contributed by atoms with Gasteiger partial charge in [-0.15, -0.1) is 0 Å². The molecular formula is C13H6Cl2N2O3. The number of oxazole rings is 1. The van der Waals surface area contributed by atoms with Gasteiger partial charge in [0.2, 0.25) is 5.89 Å². The zero-order valence-corrected chi connectivity index (χ0v) is 11.4. The lowest BCUT2D eigenvalue weighted by atomic mass is 10.2. The van der Waals surface area contributed by atoms with Crippen LogP contribution in [0.2, 0.25) is 10.0 Å². The van der Waals surface area contributed by atoms with E-state index in [1.807, 2.05) is 0 Å². The monoisotopic (exact) mass is 308 g/mol. The van der Waals surface area contributed by atoms with Crippen LogP contribution in [0, 0.1) is 10.1 Å². The second-order valence-electron chi connectivity index (χ2n) is 4.06. The topological polar surface area (TPSA) is 69.2 Å². The fourth-order valence-corrected chi connectivity index (χ4v) is 2.08. The van der Waals surface area contributed by atoms with Gasteiger partial charge in [0, 0.05) is 11.6 Å². The molecule has 0 saturated carbocycles. The maximum absolute atomic E-state index is 10.7. The Labute approximate surface area is 122 Å².